The Kier molecular flexibility index (Phi) is 6.54. The molecule has 0 bridgehead atoms. The molecule has 1 aromatic rings. The Morgan fingerprint density at radius 3 is 2.48 bits per heavy atom. The summed E-state index contributed by atoms with van der Waals surface area (Å²) >= 11 is 0. The van der Waals surface area contributed by atoms with Crippen LogP contribution in [0.3, 0.4) is 0 Å². The highest BCUT2D eigenvalue weighted by atomic mass is 32.2. The number of carbonyl (C=O) groups excluding carboxylic acids is 1. The number of amides is 1. The second-order valence-electron chi connectivity index (χ2n) is 4.27. The van der Waals surface area contributed by atoms with Crippen molar-refractivity contribution in [2.45, 2.75) is 11.8 Å². The largest absolute Gasteiger partial charge is 0.395 e. The number of benzene rings is 1. The van der Waals surface area contributed by atoms with Crippen LogP contribution in [0.15, 0.2) is 41.8 Å². The van der Waals surface area contributed by atoms with Gasteiger partial charge in [-0.05, 0) is 31.2 Å². The van der Waals surface area contributed by atoms with Crippen LogP contribution in [-0.2, 0) is 10.0 Å². The first-order valence-electron chi connectivity index (χ1n) is 6.57. The molecular formula is C14H20N2O4S. The summed E-state index contributed by atoms with van der Waals surface area (Å²) < 4.78 is 26.1. The number of sulfonamides is 1. The summed E-state index contributed by atoms with van der Waals surface area (Å²) in [6, 6.07) is 5.69. The van der Waals surface area contributed by atoms with E-state index in [9.17, 15) is 13.2 Å². The zero-order valence-corrected chi connectivity index (χ0v) is 12.8. The summed E-state index contributed by atoms with van der Waals surface area (Å²) in [7, 11) is -3.59. The first kappa shape index (κ1) is 17.4. The van der Waals surface area contributed by atoms with Crippen molar-refractivity contribution in [2.75, 3.05) is 26.2 Å². The molecule has 7 heteroatoms. The monoisotopic (exact) mass is 312 g/mol. The number of hydrogen-bond donors (Lipinski definition) is 2. The van der Waals surface area contributed by atoms with Crippen molar-refractivity contribution in [1.82, 2.24) is 9.62 Å². The molecule has 0 aromatic heterocycles. The fourth-order valence-corrected chi connectivity index (χ4v) is 2.73. The number of rotatable bonds is 8. The molecule has 1 aromatic carbocycles. The van der Waals surface area contributed by atoms with E-state index in [0.717, 1.165) is 0 Å². The minimum absolute atomic E-state index is 0.0890. The third kappa shape index (κ3) is 4.66. The van der Waals surface area contributed by atoms with Crippen molar-refractivity contribution >= 4 is 15.9 Å². The van der Waals surface area contributed by atoms with Gasteiger partial charge < -0.3 is 10.0 Å². The van der Waals surface area contributed by atoms with Crippen LogP contribution in [0.1, 0.15) is 17.3 Å². The smallest absolute Gasteiger partial charge is 0.253 e. The third-order valence-corrected chi connectivity index (χ3v) is 4.31. The maximum Gasteiger partial charge on any atom is 0.253 e. The second-order valence-corrected chi connectivity index (χ2v) is 6.04. The lowest BCUT2D eigenvalue weighted by Gasteiger charge is -2.19. The Hall–Kier alpha value is -1.70. The highest BCUT2D eigenvalue weighted by Gasteiger charge is 2.16. The molecule has 0 fully saturated rings. The number of aliphatic hydroxyl groups excluding tert-OH is 1. The molecule has 0 saturated heterocycles. The van der Waals surface area contributed by atoms with Gasteiger partial charge in [-0.3, -0.25) is 4.79 Å². The first-order valence-corrected chi connectivity index (χ1v) is 8.05. The van der Waals surface area contributed by atoms with E-state index in [1.807, 2.05) is 6.92 Å². The lowest BCUT2D eigenvalue weighted by atomic mass is 10.2. The van der Waals surface area contributed by atoms with Gasteiger partial charge in [-0.2, -0.15) is 0 Å². The molecule has 1 amide bonds. The molecule has 1 rings (SSSR count). The van der Waals surface area contributed by atoms with Crippen molar-refractivity contribution in [1.29, 1.82) is 0 Å². The topological polar surface area (TPSA) is 86.7 Å². The van der Waals surface area contributed by atoms with Gasteiger partial charge in [0.25, 0.3) is 5.91 Å². The van der Waals surface area contributed by atoms with Gasteiger partial charge in [-0.25, -0.2) is 13.1 Å². The van der Waals surface area contributed by atoms with E-state index >= 15 is 0 Å². The average Bonchev–Trinajstić information content (AvgIpc) is 2.50. The van der Waals surface area contributed by atoms with Crippen molar-refractivity contribution < 1.29 is 18.3 Å². The van der Waals surface area contributed by atoms with Crippen molar-refractivity contribution in [2.24, 2.45) is 0 Å². The van der Waals surface area contributed by atoms with Crippen LogP contribution in [0.2, 0.25) is 0 Å². The number of nitrogens with zero attached hydrogens (tertiary/aromatic N) is 1. The van der Waals surface area contributed by atoms with Crippen LogP contribution in [0.5, 0.6) is 0 Å². The van der Waals surface area contributed by atoms with E-state index in [1.54, 1.807) is 0 Å². The molecule has 116 valence electrons. The summed E-state index contributed by atoms with van der Waals surface area (Å²) in [5.74, 6) is -0.241. The van der Waals surface area contributed by atoms with E-state index < -0.39 is 10.0 Å². The maximum absolute atomic E-state index is 12.1. The molecule has 6 nitrogen and oxygen atoms in total. The van der Waals surface area contributed by atoms with Gasteiger partial charge >= 0.3 is 0 Å². The van der Waals surface area contributed by atoms with Gasteiger partial charge in [0.15, 0.2) is 0 Å². The van der Waals surface area contributed by atoms with Gasteiger partial charge in [-0.1, -0.05) is 6.08 Å². The predicted octanol–water partition coefficient (Wildman–Crippen LogP) is 0.605. The lowest BCUT2D eigenvalue weighted by Crippen LogP contribution is -2.33. The Bertz CT molecular complexity index is 581. The molecule has 21 heavy (non-hydrogen) atoms. The second kappa shape index (κ2) is 7.92. The zero-order valence-electron chi connectivity index (χ0n) is 11.9. The number of carbonyl (C=O) groups is 1. The average molecular weight is 312 g/mol. The standard InChI is InChI=1S/C14H20N2O4S/c1-3-9-15-21(19,20)13-7-5-12(6-8-13)14(18)16(4-2)10-11-17/h3,5-8,15,17H,1,4,9-11H2,2H3. The Labute approximate surface area is 125 Å². The predicted molar refractivity (Wildman–Crippen MR) is 80.5 cm³/mol. The molecule has 0 unspecified atom stereocenters. The Morgan fingerprint density at radius 1 is 1.38 bits per heavy atom. The molecule has 0 saturated carbocycles. The zero-order chi connectivity index (χ0) is 15.9. The summed E-state index contributed by atoms with van der Waals surface area (Å²) in [5.41, 5.74) is 0.382. The summed E-state index contributed by atoms with van der Waals surface area (Å²) in [6.07, 6.45) is 1.45. The molecule has 2 N–H and O–H groups in total. The van der Waals surface area contributed by atoms with E-state index in [2.05, 4.69) is 11.3 Å². The minimum atomic E-state index is -3.59. The van der Waals surface area contributed by atoms with Crippen LogP contribution in [-0.4, -0.2) is 50.6 Å². The van der Waals surface area contributed by atoms with Gasteiger partial charge in [0.05, 0.1) is 11.5 Å². The quantitative estimate of drug-likeness (QED) is 0.688. The molecule has 0 heterocycles. The van der Waals surface area contributed by atoms with Crippen molar-refractivity contribution in [3.05, 3.63) is 42.5 Å². The van der Waals surface area contributed by atoms with Crippen molar-refractivity contribution in [3.63, 3.8) is 0 Å². The molecule has 0 radical (unpaired) electrons. The van der Waals surface area contributed by atoms with Gasteiger partial charge in [0, 0.05) is 25.2 Å². The third-order valence-electron chi connectivity index (χ3n) is 2.87. The Morgan fingerprint density at radius 2 is 2.00 bits per heavy atom. The molecule has 0 aliphatic rings. The minimum Gasteiger partial charge on any atom is -0.395 e. The van der Waals surface area contributed by atoms with Crippen LogP contribution >= 0.6 is 0 Å². The van der Waals surface area contributed by atoms with Gasteiger partial charge in [0.2, 0.25) is 10.0 Å². The lowest BCUT2D eigenvalue weighted by molar-refractivity contribution is 0.0732. The number of aliphatic hydroxyl groups is 1. The number of hydrogen-bond acceptors (Lipinski definition) is 4. The normalized spacial score (nSPS) is 11.1. The van der Waals surface area contributed by atoms with Crippen molar-refractivity contribution in [3.8, 4) is 0 Å². The summed E-state index contributed by atoms with van der Waals surface area (Å²) in [5, 5.41) is 8.91. The maximum atomic E-state index is 12.1. The molecular weight excluding hydrogens is 292 g/mol. The highest BCUT2D eigenvalue weighted by Crippen LogP contribution is 2.12. The van der Waals surface area contributed by atoms with Gasteiger partial charge in [-0.15, -0.1) is 6.58 Å². The first-order chi connectivity index (χ1) is 9.96. The number of likely N-dealkylation sites (N-methyl/N-ethyl adjacent to an activating group) is 1. The van der Waals surface area contributed by atoms with Crippen LogP contribution in [0.25, 0.3) is 0 Å². The molecule has 0 aliphatic carbocycles. The fourth-order valence-electron chi connectivity index (χ4n) is 1.74. The van der Waals surface area contributed by atoms with E-state index in [0.29, 0.717) is 12.1 Å². The van der Waals surface area contributed by atoms with Crippen LogP contribution in [0.4, 0.5) is 0 Å². The van der Waals surface area contributed by atoms with Gasteiger partial charge in [0.1, 0.15) is 0 Å². The molecule has 0 spiro atoms. The van der Waals surface area contributed by atoms with E-state index in [1.165, 1.54) is 35.2 Å². The molecule has 0 aliphatic heterocycles. The van der Waals surface area contributed by atoms with Crippen LogP contribution in [0, 0.1) is 0 Å². The van der Waals surface area contributed by atoms with E-state index in [-0.39, 0.29) is 30.5 Å². The van der Waals surface area contributed by atoms with E-state index in [4.69, 9.17) is 5.11 Å². The SMILES string of the molecule is C=CCNS(=O)(=O)c1ccc(C(=O)N(CC)CCO)cc1. The highest BCUT2D eigenvalue weighted by molar-refractivity contribution is 7.89. The Balaban J connectivity index is 2.92. The number of nitrogens with one attached hydrogen (secondary N) is 1. The van der Waals surface area contributed by atoms with Crippen LogP contribution < -0.4 is 4.72 Å². The fraction of sp³-hybridized carbons (Fsp3) is 0.357. The summed E-state index contributed by atoms with van der Waals surface area (Å²) in [4.78, 5) is 13.7. The summed E-state index contributed by atoms with van der Waals surface area (Å²) in [6.45, 7) is 6.00. The molecule has 0 atom stereocenters.